The van der Waals surface area contributed by atoms with E-state index in [4.69, 9.17) is 4.52 Å². The van der Waals surface area contributed by atoms with E-state index in [2.05, 4.69) is 15.1 Å². The summed E-state index contributed by atoms with van der Waals surface area (Å²) in [5.41, 5.74) is 0.887. The lowest BCUT2D eigenvalue weighted by Crippen LogP contribution is -2.24. The third-order valence-corrected chi connectivity index (χ3v) is 3.19. The number of aromatic nitrogens is 3. The lowest BCUT2D eigenvalue weighted by molar-refractivity contribution is -0.128. The number of carbonyl (C=O) groups excluding carboxylic acids is 1. The molecule has 3 heterocycles. The highest BCUT2D eigenvalue weighted by Crippen LogP contribution is 2.27. The second kappa shape index (κ2) is 4.79. The van der Waals surface area contributed by atoms with Crippen molar-refractivity contribution in [2.45, 2.75) is 25.8 Å². The van der Waals surface area contributed by atoms with Crippen molar-refractivity contribution in [2.75, 3.05) is 6.54 Å². The monoisotopic (exact) mass is 258 g/mol. The first-order valence-corrected chi connectivity index (χ1v) is 6.20. The summed E-state index contributed by atoms with van der Waals surface area (Å²) in [6.07, 6.45) is 2.16. The van der Waals surface area contributed by atoms with Crippen molar-refractivity contribution in [1.82, 2.24) is 20.0 Å². The molecule has 0 unspecified atom stereocenters. The molecule has 6 nitrogen and oxygen atoms in total. The molecule has 1 atom stereocenters. The van der Waals surface area contributed by atoms with Gasteiger partial charge in [-0.05, 0) is 19.1 Å². The summed E-state index contributed by atoms with van der Waals surface area (Å²) in [5, 5.41) is 3.77. The molecule has 0 aromatic carbocycles. The minimum Gasteiger partial charge on any atom is -0.339 e. The number of carbonyl (C=O) groups is 1. The molecule has 1 aliphatic rings. The number of amides is 1. The lowest BCUT2D eigenvalue weighted by atomic mass is 10.1. The fourth-order valence-corrected chi connectivity index (χ4v) is 2.26. The van der Waals surface area contributed by atoms with Gasteiger partial charge in [0.05, 0.1) is 18.2 Å². The maximum absolute atomic E-state index is 12.0. The molecular formula is C13H14N4O2. The topological polar surface area (TPSA) is 72.1 Å². The van der Waals surface area contributed by atoms with Crippen LogP contribution in [0.3, 0.4) is 0 Å². The largest absolute Gasteiger partial charge is 0.339 e. The van der Waals surface area contributed by atoms with Crippen molar-refractivity contribution in [2.24, 2.45) is 0 Å². The average molecular weight is 258 g/mol. The second-order valence-electron chi connectivity index (χ2n) is 4.68. The van der Waals surface area contributed by atoms with Crippen LogP contribution < -0.4 is 0 Å². The highest BCUT2D eigenvalue weighted by molar-refractivity contribution is 5.79. The molecule has 98 valence electrons. The van der Waals surface area contributed by atoms with Crippen LogP contribution in [0.25, 0.3) is 0 Å². The molecule has 19 heavy (non-hydrogen) atoms. The van der Waals surface area contributed by atoms with Gasteiger partial charge >= 0.3 is 0 Å². The second-order valence-corrected chi connectivity index (χ2v) is 4.68. The number of rotatable bonds is 3. The van der Waals surface area contributed by atoms with E-state index in [0.717, 1.165) is 5.69 Å². The maximum Gasteiger partial charge on any atom is 0.232 e. The standard InChI is InChI=1S/C13H14N4O2/c1-9-15-13(19-16-9)10-6-12(18)17(7-10)8-11-4-2-3-5-14-11/h2-5,10H,6-8H2,1H3/t10-/m0/s1. The van der Waals surface area contributed by atoms with Crippen LogP contribution in [0.1, 0.15) is 29.7 Å². The van der Waals surface area contributed by atoms with E-state index in [1.165, 1.54) is 0 Å². The van der Waals surface area contributed by atoms with Crippen LogP contribution >= 0.6 is 0 Å². The molecule has 3 rings (SSSR count). The predicted octanol–water partition coefficient (Wildman–Crippen LogP) is 1.29. The Hall–Kier alpha value is -2.24. The number of nitrogens with zero attached hydrogens (tertiary/aromatic N) is 4. The molecule has 0 saturated carbocycles. The molecular weight excluding hydrogens is 244 g/mol. The summed E-state index contributed by atoms with van der Waals surface area (Å²) in [7, 11) is 0. The van der Waals surface area contributed by atoms with Crippen molar-refractivity contribution in [3.05, 3.63) is 41.8 Å². The Morgan fingerprint density at radius 1 is 1.47 bits per heavy atom. The van der Waals surface area contributed by atoms with Crippen molar-refractivity contribution >= 4 is 5.91 Å². The molecule has 1 fully saturated rings. The van der Waals surface area contributed by atoms with Gasteiger partial charge in [-0.3, -0.25) is 9.78 Å². The zero-order valence-corrected chi connectivity index (χ0v) is 10.6. The molecule has 1 amide bonds. The Labute approximate surface area is 110 Å². The van der Waals surface area contributed by atoms with Gasteiger partial charge in [-0.2, -0.15) is 4.98 Å². The van der Waals surface area contributed by atoms with E-state index in [-0.39, 0.29) is 11.8 Å². The molecule has 0 spiro atoms. The third-order valence-electron chi connectivity index (χ3n) is 3.19. The minimum absolute atomic E-state index is 0.00240. The Bertz CT molecular complexity index is 581. The zero-order chi connectivity index (χ0) is 13.2. The van der Waals surface area contributed by atoms with Crippen LogP contribution in [0.15, 0.2) is 28.9 Å². The van der Waals surface area contributed by atoms with Gasteiger partial charge < -0.3 is 9.42 Å². The SMILES string of the molecule is Cc1noc([C@H]2CC(=O)N(Cc3ccccn3)C2)n1. The van der Waals surface area contributed by atoms with Crippen molar-refractivity contribution in [3.63, 3.8) is 0 Å². The van der Waals surface area contributed by atoms with Gasteiger partial charge in [0.2, 0.25) is 11.8 Å². The smallest absolute Gasteiger partial charge is 0.232 e. The Morgan fingerprint density at radius 2 is 2.37 bits per heavy atom. The molecule has 0 bridgehead atoms. The minimum atomic E-state index is -0.00240. The van der Waals surface area contributed by atoms with Gasteiger partial charge in [-0.25, -0.2) is 0 Å². The third kappa shape index (κ3) is 2.47. The molecule has 0 aliphatic carbocycles. The first-order chi connectivity index (χ1) is 9.22. The first kappa shape index (κ1) is 11.8. The average Bonchev–Trinajstić information content (AvgIpc) is 2.98. The van der Waals surface area contributed by atoms with E-state index in [9.17, 15) is 4.79 Å². The first-order valence-electron chi connectivity index (χ1n) is 6.20. The maximum atomic E-state index is 12.0. The molecule has 6 heteroatoms. The number of hydrogen-bond acceptors (Lipinski definition) is 5. The Kier molecular flexibility index (Phi) is 2.98. The predicted molar refractivity (Wildman–Crippen MR) is 66.0 cm³/mol. The Morgan fingerprint density at radius 3 is 3.05 bits per heavy atom. The summed E-state index contributed by atoms with van der Waals surface area (Å²) in [6.45, 7) is 2.91. The van der Waals surface area contributed by atoms with Gasteiger partial charge in [-0.15, -0.1) is 0 Å². The van der Waals surface area contributed by atoms with Crippen molar-refractivity contribution in [3.8, 4) is 0 Å². The number of pyridine rings is 1. The van der Waals surface area contributed by atoms with Crippen LogP contribution in [0.5, 0.6) is 0 Å². The van der Waals surface area contributed by atoms with E-state index in [1.807, 2.05) is 18.2 Å². The molecule has 0 radical (unpaired) electrons. The molecule has 0 N–H and O–H groups in total. The normalized spacial score (nSPS) is 19.1. The number of hydrogen-bond donors (Lipinski definition) is 0. The quantitative estimate of drug-likeness (QED) is 0.829. The van der Waals surface area contributed by atoms with Crippen LogP contribution in [-0.2, 0) is 11.3 Å². The summed E-state index contributed by atoms with van der Waals surface area (Å²) in [6, 6.07) is 5.69. The van der Waals surface area contributed by atoms with Crippen molar-refractivity contribution < 1.29 is 9.32 Å². The highest BCUT2D eigenvalue weighted by atomic mass is 16.5. The highest BCUT2D eigenvalue weighted by Gasteiger charge is 2.34. The zero-order valence-electron chi connectivity index (χ0n) is 10.6. The molecule has 1 aliphatic heterocycles. The summed E-state index contributed by atoms with van der Waals surface area (Å²) in [5.74, 6) is 1.25. The van der Waals surface area contributed by atoms with Crippen LogP contribution in [0, 0.1) is 6.92 Å². The Balaban J connectivity index is 1.70. The lowest BCUT2D eigenvalue weighted by Gasteiger charge is -2.15. The van der Waals surface area contributed by atoms with E-state index in [0.29, 0.717) is 31.2 Å². The van der Waals surface area contributed by atoms with Gasteiger partial charge in [0.15, 0.2) is 5.82 Å². The fourth-order valence-electron chi connectivity index (χ4n) is 2.26. The number of aryl methyl sites for hydroxylation is 1. The van der Waals surface area contributed by atoms with Gasteiger partial charge in [0.25, 0.3) is 0 Å². The van der Waals surface area contributed by atoms with Crippen molar-refractivity contribution in [1.29, 1.82) is 0 Å². The fraction of sp³-hybridized carbons (Fsp3) is 0.385. The molecule has 2 aromatic rings. The summed E-state index contributed by atoms with van der Waals surface area (Å²) >= 11 is 0. The van der Waals surface area contributed by atoms with Gasteiger partial charge in [0.1, 0.15) is 0 Å². The summed E-state index contributed by atoms with van der Waals surface area (Å²) in [4.78, 5) is 22.2. The van der Waals surface area contributed by atoms with Gasteiger partial charge in [0, 0.05) is 19.2 Å². The van der Waals surface area contributed by atoms with Crippen LogP contribution in [0.4, 0.5) is 0 Å². The molecule has 2 aromatic heterocycles. The van der Waals surface area contributed by atoms with E-state index in [1.54, 1.807) is 18.0 Å². The van der Waals surface area contributed by atoms with E-state index < -0.39 is 0 Å². The summed E-state index contributed by atoms with van der Waals surface area (Å²) < 4.78 is 5.14. The van der Waals surface area contributed by atoms with Crippen LogP contribution in [0.2, 0.25) is 0 Å². The van der Waals surface area contributed by atoms with E-state index >= 15 is 0 Å². The number of likely N-dealkylation sites (tertiary alicyclic amines) is 1. The van der Waals surface area contributed by atoms with Crippen LogP contribution in [-0.4, -0.2) is 32.5 Å². The molecule has 1 saturated heterocycles. The van der Waals surface area contributed by atoms with Gasteiger partial charge in [-0.1, -0.05) is 11.2 Å².